The zero-order chi connectivity index (χ0) is 23.5. The number of aromatic nitrogens is 1. The number of thiazole rings is 1. The summed E-state index contributed by atoms with van der Waals surface area (Å²) in [6, 6.07) is 9.41. The first kappa shape index (κ1) is 22.0. The van der Waals surface area contributed by atoms with Crippen molar-refractivity contribution in [3.63, 3.8) is 0 Å². The van der Waals surface area contributed by atoms with Crippen molar-refractivity contribution in [3.05, 3.63) is 57.0 Å². The Morgan fingerprint density at radius 2 is 2.03 bits per heavy atom. The first-order chi connectivity index (χ1) is 15.9. The number of aliphatic carboxylic acids is 1. The van der Waals surface area contributed by atoms with Crippen LogP contribution in [-0.2, 0) is 17.8 Å². The SMILES string of the molecule is COc1cc2c(cc1OC)-c1nc(N/N=C(/Cc3ccccc3[N+](=O)[O-])C(=O)O)sc1CO2. The second-order valence-corrected chi connectivity index (χ2v) is 7.90. The Balaban J connectivity index is 1.61. The van der Waals surface area contributed by atoms with Crippen LogP contribution < -0.4 is 19.6 Å². The van der Waals surface area contributed by atoms with Gasteiger partial charge in [-0.05, 0) is 6.07 Å². The molecule has 0 amide bonds. The summed E-state index contributed by atoms with van der Waals surface area (Å²) < 4.78 is 16.5. The molecule has 0 atom stereocenters. The van der Waals surface area contributed by atoms with Gasteiger partial charge in [-0.3, -0.25) is 15.5 Å². The third kappa shape index (κ3) is 4.41. The van der Waals surface area contributed by atoms with E-state index in [0.717, 1.165) is 4.88 Å². The maximum Gasteiger partial charge on any atom is 0.352 e. The highest BCUT2D eigenvalue weighted by molar-refractivity contribution is 7.16. The monoisotopic (exact) mass is 470 g/mol. The number of benzene rings is 2. The van der Waals surface area contributed by atoms with Crippen molar-refractivity contribution in [2.75, 3.05) is 19.6 Å². The van der Waals surface area contributed by atoms with Crippen molar-refractivity contribution >= 4 is 33.8 Å². The molecule has 1 aromatic heterocycles. The van der Waals surface area contributed by atoms with Gasteiger partial charge in [0.2, 0.25) is 5.13 Å². The van der Waals surface area contributed by atoms with Gasteiger partial charge in [0.25, 0.3) is 5.69 Å². The lowest BCUT2D eigenvalue weighted by molar-refractivity contribution is -0.385. The molecule has 0 bridgehead atoms. The molecule has 4 rings (SSSR count). The van der Waals surface area contributed by atoms with E-state index in [2.05, 4.69) is 15.5 Å². The minimum absolute atomic E-state index is 0.172. The van der Waals surface area contributed by atoms with Crippen molar-refractivity contribution < 1.29 is 29.0 Å². The number of nitro benzene ring substituents is 1. The second kappa shape index (κ2) is 9.12. The summed E-state index contributed by atoms with van der Waals surface area (Å²) in [7, 11) is 3.06. The Kier molecular flexibility index (Phi) is 6.09. The quantitative estimate of drug-likeness (QED) is 0.286. The molecule has 1 aliphatic rings. The molecule has 0 fully saturated rings. The molecule has 11 nitrogen and oxygen atoms in total. The van der Waals surface area contributed by atoms with E-state index >= 15 is 0 Å². The van der Waals surface area contributed by atoms with Crippen LogP contribution in [0, 0.1) is 10.1 Å². The minimum atomic E-state index is -1.30. The number of rotatable bonds is 8. The maximum atomic E-state index is 11.7. The Labute approximate surface area is 191 Å². The van der Waals surface area contributed by atoms with Gasteiger partial charge < -0.3 is 19.3 Å². The molecule has 170 valence electrons. The summed E-state index contributed by atoms with van der Waals surface area (Å²) in [6.07, 6.45) is -0.229. The number of para-hydroxylation sites is 1. The number of hydrogen-bond donors (Lipinski definition) is 2. The van der Waals surface area contributed by atoms with E-state index in [1.807, 2.05) is 0 Å². The molecule has 33 heavy (non-hydrogen) atoms. The summed E-state index contributed by atoms with van der Waals surface area (Å²) in [5.41, 5.74) is 3.82. The Morgan fingerprint density at radius 3 is 2.73 bits per heavy atom. The number of nitrogens with zero attached hydrogens (tertiary/aromatic N) is 3. The first-order valence-electron chi connectivity index (χ1n) is 9.58. The number of carbonyl (C=O) groups is 1. The van der Waals surface area contributed by atoms with Crippen LogP contribution in [0.25, 0.3) is 11.3 Å². The Hall–Kier alpha value is -4.19. The maximum absolute atomic E-state index is 11.7. The molecule has 0 unspecified atom stereocenters. The molecule has 0 aliphatic carbocycles. The molecular formula is C21H18N4O7S. The molecule has 0 radical (unpaired) electrons. The zero-order valence-electron chi connectivity index (χ0n) is 17.5. The van der Waals surface area contributed by atoms with E-state index in [1.165, 1.54) is 43.8 Å². The molecule has 0 spiro atoms. The topological polar surface area (TPSA) is 145 Å². The van der Waals surface area contributed by atoms with Gasteiger partial charge in [0.15, 0.2) is 11.5 Å². The molecule has 1 aliphatic heterocycles. The fourth-order valence-corrected chi connectivity index (χ4v) is 4.14. The molecule has 2 N–H and O–H groups in total. The fourth-order valence-electron chi connectivity index (χ4n) is 3.31. The second-order valence-electron chi connectivity index (χ2n) is 6.82. The number of anilines is 1. The van der Waals surface area contributed by atoms with Gasteiger partial charge in [0.05, 0.1) is 29.7 Å². The third-order valence-corrected chi connectivity index (χ3v) is 5.81. The highest BCUT2D eigenvalue weighted by Crippen LogP contribution is 2.45. The van der Waals surface area contributed by atoms with Crippen molar-refractivity contribution in [1.82, 2.24) is 4.98 Å². The van der Waals surface area contributed by atoms with Crippen LogP contribution in [0.15, 0.2) is 41.5 Å². The van der Waals surface area contributed by atoms with Crippen LogP contribution in [0.3, 0.4) is 0 Å². The van der Waals surface area contributed by atoms with Gasteiger partial charge in [-0.2, -0.15) is 5.10 Å². The van der Waals surface area contributed by atoms with Gasteiger partial charge in [0.1, 0.15) is 18.1 Å². The zero-order valence-corrected chi connectivity index (χ0v) is 18.3. The van der Waals surface area contributed by atoms with Crippen LogP contribution in [0.5, 0.6) is 17.2 Å². The van der Waals surface area contributed by atoms with E-state index in [-0.39, 0.29) is 30.0 Å². The average Bonchev–Trinajstić information content (AvgIpc) is 3.24. The van der Waals surface area contributed by atoms with Crippen molar-refractivity contribution in [2.24, 2.45) is 5.10 Å². The van der Waals surface area contributed by atoms with E-state index in [9.17, 15) is 20.0 Å². The van der Waals surface area contributed by atoms with Crippen LogP contribution in [0.2, 0.25) is 0 Å². The largest absolute Gasteiger partial charge is 0.493 e. The predicted octanol–water partition coefficient (Wildman–Crippen LogP) is 3.72. The van der Waals surface area contributed by atoms with Gasteiger partial charge in [-0.25, -0.2) is 9.78 Å². The Morgan fingerprint density at radius 1 is 1.30 bits per heavy atom. The van der Waals surface area contributed by atoms with Gasteiger partial charge in [-0.15, -0.1) is 0 Å². The van der Waals surface area contributed by atoms with E-state index < -0.39 is 10.9 Å². The predicted molar refractivity (Wildman–Crippen MR) is 120 cm³/mol. The van der Waals surface area contributed by atoms with Crippen LogP contribution >= 0.6 is 11.3 Å². The van der Waals surface area contributed by atoms with Crippen molar-refractivity contribution in [1.29, 1.82) is 0 Å². The lowest BCUT2D eigenvalue weighted by Crippen LogP contribution is -2.18. The summed E-state index contributed by atoms with van der Waals surface area (Å²) >= 11 is 1.26. The number of fused-ring (bicyclic) bond motifs is 3. The third-order valence-electron chi connectivity index (χ3n) is 4.88. The van der Waals surface area contributed by atoms with Crippen LogP contribution in [0.4, 0.5) is 10.8 Å². The normalized spacial score (nSPS) is 12.2. The number of carboxylic acids is 1. The van der Waals surface area contributed by atoms with Crippen LogP contribution in [0.1, 0.15) is 10.4 Å². The molecule has 2 heterocycles. The number of hydrazone groups is 1. The highest BCUT2D eigenvalue weighted by Gasteiger charge is 2.25. The fraction of sp³-hybridized carbons (Fsp3) is 0.190. The number of hydrogen-bond acceptors (Lipinski definition) is 10. The Bertz CT molecular complexity index is 1270. The molecule has 2 aromatic carbocycles. The van der Waals surface area contributed by atoms with Crippen molar-refractivity contribution in [3.8, 4) is 28.5 Å². The first-order valence-corrected chi connectivity index (χ1v) is 10.4. The van der Waals surface area contributed by atoms with Gasteiger partial charge in [0, 0.05) is 29.7 Å². The minimum Gasteiger partial charge on any atom is -0.493 e. The smallest absolute Gasteiger partial charge is 0.352 e. The lowest BCUT2D eigenvalue weighted by Gasteiger charge is -2.18. The molecule has 3 aromatic rings. The van der Waals surface area contributed by atoms with Gasteiger partial charge >= 0.3 is 5.97 Å². The molecule has 12 heteroatoms. The lowest BCUT2D eigenvalue weighted by atomic mass is 10.1. The number of nitrogens with one attached hydrogen (secondary N) is 1. The number of methoxy groups -OCH3 is 2. The van der Waals surface area contributed by atoms with E-state index in [0.29, 0.717) is 33.6 Å². The highest BCUT2D eigenvalue weighted by atomic mass is 32.1. The molecule has 0 saturated heterocycles. The molecule has 0 saturated carbocycles. The number of carboxylic acid groups (broad SMARTS) is 1. The molecular weight excluding hydrogens is 452 g/mol. The standard InChI is InChI=1S/C21H18N4O7S/c1-30-16-8-12-15(9-17(16)31-2)32-10-18-19(12)22-21(33-18)24-23-13(20(26)27)7-11-5-3-4-6-14(11)25(28)29/h3-6,8-9H,7,10H2,1-2H3,(H,22,24)(H,26,27)/b23-13-. The van der Waals surface area contributed by atoms with Crippen LogP contribution in [-0.4, -0.2) is 40.9 Å². The van der Waals surface area contributed by atoms with Gasteiger partial charge in [-0.1, -0.05) is 29.5 Å². The van der Waals surface area contributed by atoms with Crippen molar-refractivity contribution in [2.45, 2.75) is 13.0 Å². The summed E-state index contributed by atoms with van der Waals surface area (Å²) in [4.78, 5) is 27.7. The number of ether oxygens (including phenoxy) is 3. The van der Waals surface area contributed by atoms with E-state index in [1.54, 1.807) is 18.2 Å². The summed E-state index contributed by atoms with van der Waals surface area (Å²) in [5, 5.41) is 25.1. The number of nitro groups is 1. The average molecular weight is 470 g/mol. The summed E-state index contributed by atoms with van der Waals surface area (Å²) in [5.74, 6) is 0.334. The van der Waals surface area contributed by atoms with E-state index in [4.69, 9.17) is 14.2 Å². The summed E-state index contributed by atoms with van der Waals surface area (Å²) in [6.45, 7) is 0.281.